The second-order valence-electron chi connectivity index (χ2n) is 7.82. The molecular weight excluding hydrogens is 464 g/mol. The molecule has 1 atom stereocenters. The number of aromatic amines is 1. The smallest absolute Gasteiger partial charge is 0.229 e. The first-order valence-electron chi connectivity index (χ1n) is 10.3. The molecule has 1 aromatic heterocycles. The van der Waals surface area contributed by atoms with Gasteiger partial charge in [0.2, 0.25) is 10.0 Å². The number of sulfonamides is 1. The van der Waals surface area contributed by atoms with Crippen LogP contribution in [0.1, 0.15) is 11.7 Å². The van der Waals surface area contributed by atoms with Crippen LogP contribution in [0.15, 0.2) is 54.6 Å². The molecule has 174 valence electrons. The zero-order valence-corrected chi connectivity index (χ0v) is 19.5. The van der Waals surface area contributed by atoms with Crippen molar-refractivity contribution in [3.05, 3.63) is 65.2 Å². The molecule has 4 aromatic rings. The molecular formula is C23H25ClN4O4S. The maximum atomic E-state index is 11.5. The van der Waals surface area contributed by atoms with Gasteiger partial charge < -0.3 is 25.9 Å². The minimum atomic E-state index is -3.47. The lowest BCUT2D eigenvalue weighted by molar-refractivity contribution is 0.172. The summed E-state index contributed by atoms with van der Waals surface area (Å²) in [5.74, 6) is 0.735. The molecule has 0 aliphatic carbocycles. The number of hydrogen-bond acceptors (Lipinski definition) is 6. The summed E-state index contributed by atoms with van der Waals surface area (Å²) in [6, 6.07) is 16.4. The fraction of sp³-hybridized carbons (Fsp3) is 0.217. The molecule has 0 spiro atoms. The molecule has 0 amide bonds. The highest BCUT2D eigenvalue weighted by molar-refractivity contribution is 7.92. The lowest BCUT2D eigenvalue weighted by atomic mass is 10.1. The molecule has 1 unspecified atom stereocenters. The molecule has 3 aromatic carbocycles. The molecule has 0 aliphatic heterocycles. The number of H-pyrrole nitrogens is 1. The highest BCUT2D eigenvalue weighted by atomic mass is 35.5. The van der Waals surface area contributed by atoms with Crippen LogP contribution in [0.25, 0.3) is 21.8 Å². The number of fused-ring (bicyclic) bond motifs is 3. The molecule has 0 saturated carbocycles. The third-order valence-corrected chi connectivity index (χ3v) is 6.07. The first-order chi connectivity index (χ1) is 15.7. The number of nitrogens with two attached hydrogens (primary N) is 1. The number of nitrogens with one attached hydrogen (secondary N) is 3. The SMILES string of the molecule is CS(=O)(=O)Nc1cc(C(O)CNCCOc2ccc3c(c2)[nH]c2cc(N)ccc23)ccc1Cl. The van der Waals surface area contributed by atoms with Crippen molar-refractivity contribution < 1.29 is 18.3 Å². The predicted octanol–water partition coefficient (Wildman–Crippen LogP) is 3.63. The molecule has 0 aliphatic rings. The number of hydrogen-bond donors (Lipinski definition) is 5. The van der Waals surface area contributed by atoms with Crippen LogP contribution in [-0.2, 0) is 10.0 Å². The highest BCUT2D eigenvalue weighted by Crippen LogP contribution is 2.29. The lowest BCUT2D eigenvalue weighted by Crippen LogP contribution is -2.26. The van der Waals surface area contributed by atoms with Gasteiger partial charge in [-0.1, -0.05) is 23.7 Å². The van der Waals surface area contributed by atoms with Crippen LogP contribution in [0.2, 0.25) is 5.02 Å². The summed E-state index contributed by atoms with van der Waals surface area (Å²) in [5.41, 5.74) is 9.30. The van der Waals surface area contributed by atoms with E-state index in [1.165, 1.54) is 6.07 Å². The average molecular weight is 489 g/mol. The number of ether oxygens (including phenoxy) is 1. The fourth-order valence-electron chi connectivity index (χ4n) is 3.62. The van der Waals surface area contributed by atoms with E-state index in [2.05, 4.69) is 15.0 Å². The first-order valence-corrected chi connectivity index (χ1v) is 12.6. The fourth-order valence-corrected chi connectivity index (χ4v) is 4.41. The minimum absolute atomic E-state index is 0.231. The number of anilines is 2. The first kappa shape index (κ1) is 23.2. The monoisotopic (exact) mass is 488 g/mol. The van der Waals surface area contributed by atoms with Gasteiger partial charge in [0.25, 0.3) is 0 Å². The highest BCUT2D eigenvalue weighted by Gasteiger charge is 2.12. The van der Waals surface area contributed by atoms with Crippen LogP contribution in [-0.4, -0.2) is 44.5 Å². The number of aliphatic hydroxyl groups is 1. The maximum Gasteiger partial charge on any atom is 0.229 e. The number of benzene rings is 3. The van der Waals surface area contributed by atoms with Gasteiger partial charge >= 0.3 is 0 Å². The van der Waals surface area contributed by atoms with Crippen molar-refractivity contribution in [2.24, 2.45) is 0 Å². The Hall–Kier alpha value is -2.98. The summed E-state index contributed by atoms with van der Waals surface area (Å²) in [5, 5.41) is 16.0. The quantitative estimate of drug-likeness (QED) is 0.181. The molecule has 0 bridgehead atoms. The van der Waals surface area contributed by atoms with Crippen molar-refractivity contribution in [1.29, 1.82) is 0 Å². The van der Waals surface area contributed by atoms with E-state index >= 15 is 0 Å². The number of rotatable bonds is 9. The summed E-state index contributed by atoms with van der Waals surface area (Å²) in [7, 11) is -3.47. The summed E-state index contributed by atoms with van der Waals surface area (Å²) in [6.45, 7) is 1.19. The van der Waals surface area contributed by atoms with Gasteiger partial charge in [-0.15, -0.1) is 0 Å². The zero-order valence-electron chi connectivity index (χ0n) is 17.9. The maximum absolute atomic E-state index is 11.5. The van der Waals surface area contributed by atoms with Crippen molar-refractivity contribution in [3.8, 4) is 5.75 Å². The van der Waals surface area contributed by atoms with Crippen LogP contribution in [0.3, 0.4) is 0 Å². The van der Waals surface area contributed by atoms with Crippen molar-refractivity contribution >= 4 is 54.8 Å². The van der Waals surface area contributed by atoms with E-state index in [0.29, 0.717) is 24.4 Å². The Kier molecular flexibility index (Phi) is 6.66. The Morgan fingerprint density at radius 1 is 1.09 bits per heavy atom. The zero-order chi connectivity index (χ0) is 23.6. The topological polar surface area (TPSA) is 129 Å². The number of aliphatic hydroxyl groups excluding tert-OH is 1. The molecule has 0 fully saturated rings. The Morgan fingerprint density at radius 2 is 1.82 bits per heavy atom. The van der Waals surface area contributed by atoms with E-state index in [9.17, 15) is 13.5 Å². The second kappa shape index (κ2) is 9.48. The predicted molar refractivity (Wildman–Crippen MR) is 133 cm³/mol. The van der Waals surface area contributed by atoms with E-state index < -0.39 is 16.1 Å². The van der Waals surface area contributed by atoms with Gasteiger partial charge in [0.05, 0.1) is 28.6 Å². The summed E-state index contributed by atoms with van der Waals surface area (Å²) in [6.07, 6.45) is 0.206. The van der Waals surface area contributed by atoms with Gasteiger partial charge in [-0.25, -0.2) is 8.42 Å². The van der Waals surface area contributed by atoms with E-state index in [0.717, 1.165) is 33.8 Å². The molecule has 0 radical (unpaired) electrons. The number of aromatic nitrogens is 1. The van der Waals surface area contributed by atoms with Crippen molar-refractivity contribution in [2.75, 3.05) is 36.4 Å². The second-order valence-corrected chi connectivity index (χ2v) is 9.97. The van der Waals surface area contributed by atoms with Crippen molar-refractivity contribution in [1.82, 2.24) is 10.3 Å². The number of nitrogen functional groups attached to an aromatic ring is 1. The summed E-state index contributed by atoms with van der Waals surface area (Å²) < 4.78 is 31.1. The molecule has 4 rings (SSSR count). The summed E-state index contributed by atoms with van der Waals surface area (Å²) in [4.78, 5) is 3.36. The molecule has 1 heterocycles. The lowest BCUT2D eigenvalue weighted by Gasteiger charge is -2.15. The van der Waals surface area contributed by atoms with Gasteiger partial charge in [0.15, 0.2) is 0 Å². The van der Waals surface area contributed by atoms with Crippen LogP contribution >= 0.6 is 11.6 Å². The molecule has 6 N–H and O–H groups in total. The van der Waals surface area contributed by atoms with E-state index in [1.807, 2.05) is 36.4 Å². The standard InChI is InChI=1S/C23H25ClN4O4S/c1-33(30,31)28-22-10-14(2-7-19(22)24)23(29)13-26-8-9-32-16-4-6-18-17-5-3-15(25)11-20(17)27-21(18)12-16/h2-7,10-12,23,26-29H,8-9,13,25H2,1H3. The van der Waals surface area contributed by atoms with E-state index in [-0.39, 0.29) is 17.3 Å². The van der Waals surface area contributed by atoms with Gasteiger partial charge in [0, 0.05) is 41.1 Å². The third kappa shape index (κ3) is 5.69. The van der Waals surface area contributed by atoms with Crippen molar-refractivity contribution in [2.45, 2.75) is 6.10 Å². The van der Waals surface area contributed by atoms with Crippen LogP contribution in [0, 0.1) is 0 Å². The Balaban J connectivity index is 1.30. The Morgan fingerprint density at radius 3 is 2.58 bits per heavy atom. The minimum Gasteiger partial charge on any atom is -0.492 e. The molecule has 0 saturated heterocycles. The number of halogens is 1. The largest absolute Gasteiger partial charge is 0.492 e. The molecule has 8 nitrogen and oxygen atoms in total. The Labute approximate surface area is 196 Å². The van der Waals surface area contributed by atoms with Crippen molar-refractivity contribution in [3.63, 3.8) is 0 Å². The third-order valence-electron chi connectivity index (χ3n) is 5.15. The molecule has 33 heavy (non-hydrogen) atoms. The normalized spacial score (nSPS) is 12.8. The Bertz CT molecular complexity index is 1400. The summed E-state index contributed by atoms with van der Waals surface area (Å²) >= 11 is 6.03. The van der Waals surface area contributed by atoms with Crippen LogP contribution in [0.5, 0.6) is 5.75 Å². The average Bonchev–Trinajstić information content (AvgIpc) is 3.10. The van der Waals surface area contributed by atoms with Crippen LogP contribution in [0.4, 0.5) is 11.4 Å². The van der Waals surface area contributed by atoms with Crippen LogP contribution < -0.4 is 20.5 Å². The molecule has 10 heteroatoms. The van der Waals surface area contributed by atoms with E-state index in [4.69, 9.17) is 22.1 Å². The van der Waals surface area contributed by atoms with Gasteiger partial charge in [0.1, 0.15) is 12.4 Å². The van der Waals surface area contributed by atoms with E-state index in [1.54, 1.807) is 12.1 Å². The van der Waals surface area contributed by atoms with Gasteiger partial charge in [-0.2, -0.15) is 0 Å². The van der Waals surface area contributed by atoms with Gasteiger partial charge in [-0.05, 0) is 42.0 Å². The van der Waals surface area contributed by atoms with Gasteiger partial charge in [-0.3, -0.25) is 4.72 Å².